The average Bonchev–Trinajstić information content (AvgIpc) is 2.72. The van der Waals surface area contributed by atoms with Crippen LogP contribution in [0, 0.1) is 0 Å². The van der Waals surface area contributed by atoms with Crippen LogP contribution in [0.25, 0.3) is 0 Å². The molecule has 0 spiro atoms. The smallest absolute Gasteiger partial charge is 0.138 e. The van der Waals surface area contributed by atoms with Gasteiger partial charge in [0.1, 0.15) is 12.4 Å². The van der Waals surface area contributed by atoms with E-state index in [9.17, 15) is 5.11 Å². The lowest BCUT2D eigenvalue weighted by Crippen LogP contribution is -2.04. The first-order valence-corrected chi connectivity index (χ1v) is 7.91. The Morgan fingerprint density at radius 1 is 1.48 bits per heavy atom. The number of aryl methyl sites for hydroxylation is 2. The number of aromatic nitrogens is 2. The number of halogens is 2. The molecule has 0 aliphatic rings. The third kappa shape index (κ3) is 3.59. The van der Waals surface area contributed by atoms with E-state index in [0.717, 1.165) is 27.8 Å². The Morgan fingerprint density at radius 3 is 2.71 bits per heavy atom. The number of hydrogen-bond donors (Lipinski definition) is 1. The van der Waals surface area contributed by atoms with Crippen molar-refractivity contribution in [2.45, 2.75) is 33.0 Å². The summed E-state index contributed by atoms with van der Waals surface area (Å²) in [4.78, 5) is 0. The predicted molar refractivity (Wildman–Crippen MR) is 86.7 cm³/mol. The topological polar surface area (TPSA) is 47.3 Å². The molecule has 1 heterocycles. The summed E-state index contributed by atoms with van der Waals surface area (Å²) in [6.07, 6.45) is 0.313. The number of hydrogen-bond acceptors (Lipinski definition) is 3. The molecule has 0 bridgehead atoms. The fraction of sp³-hybridized carbons (Fsp3) is 0.400. The molecule has 0 aliphatic heterocycles. The molecule has 0 unspecified atom stereocenters. The lowest BCUT2D eigenvalue weighted by atomic mass is 10.1. The Balaban J connectivity index is 2.15. The van der Waals surface area contributed by atoms with Gasteiger partial charge >= 0.3 is 0 Å². The number of aliphatic hydroxyl groups is 1. The van der Waals surface area contributed by atoms with E-state index in [-0.39, 0.29) is 0 Å². The summed E-state index contributed by atoms with van der Waals surface area (Å²) in [5.74, 6) is 0.590. The van der Waals surface area contributed by atoms with Crippen molar-refractivity contribution in [2.75, 3.05) is 0 Å². The molecule has 0 amide bonds. The van der Waals surface area contributed by atoms with Crippen LogP contribution in [0.4, 0.5) is 0 Å². The third-order valence-electron chi connectivity index (χ3n) is 3.31. The molecule has 21 heavy (non-hydrogen) atoms. The molecule has 2 rings (SSSR count). The Hall–Kier alpha value is -1.04. The van der Waals surface area contributed by atoms with E-state index in [4.69, 9.17) is 16.3 Å². The lowest BCUT2D eigenvalue weighted by molar-refractivity contribution is 0.199. The number of ether oxygens (including phenoxy) is 1. The van der Waals surface area contributed by atoms with Crippen molar-refractivity contribution in [1.82, 2.24) is 9.78 Å². The van der Waals surface area contributed by atoms with Crippen LogP contribution in [-0.4, -0.2) is 14.9 Å². The second-order valence-corrected chi connectivity index (χ2v) is 6.04. The van der Waals surface area contributed by atoms with Gasteiger partial charge < -0.3 is 9.84 Å². The van der Waals surface area contributed by atoms with E-state index >= 15 is 0 Å². The van der Waals surface area contributed by atoms with Gasteiger partial charge in [0.2, 0.25) is 0 Å². The average molecular weight is 374 g/mol. The van der Waals surface area contributed by atoms with Crippen LogP contribution in [0.5, 0.6) is 5.75 Å². The van der Waals surface area contributed by atoms with Gasteiger partial charge in [-0.05, 0) is 47.0 Å². The van der Waals surface area contributed by atoms with Gasteiger partial charge in [-0.2, -0.15) is 5.10 Å². The minimum Gasteiger partial charge on any atom is -0.486 e. The van der Waals surface area contributed by atoms with E-state index in [0.29, 0.717) is 17.4 Å². The van der Waals surface area contributed by atoms with Crippen molar-refractivity contribution < 1.29 is 9.84 Å². The summed E-state index contributed by atoms with van der Waals surface area (Å²) in [7, 11) is 1.89. The first-order valence-electron chi connectivity index (χ1n) is 6.74. The van der Waals surface area contributed by atoms with E-state index < -0.39 is 6.10 Å². The Kier molecular flexibility index (Phi) is 5.30. The van der Waals surface area contributed by atoms with Gasteiger partial charge in [0.25, 0.3) is 0 Å². The van der Waals surface area contributed by atoms with Gasteiger partial charge in [0.05, 0.1) is 27.0 Å². The molecule has 0 saturated carbocycles. The van der Waals surface area contributed by atoms with Gasteiger partial charge in [0.15, 0.2) is 0 Å². The zero-order chi connectivity index (χ0) is 15.6. The normalized spacial score (nSPS) is 12.5. The largest absolute Gasteiger partial charge is 0.486 e. The summed E-state index contributed by atoms with van der Waals surface area (Å²) >= 11 is 9.74. The maximum Gasteiger partial charge on any atom is 0.138 e. The van der Waals surface area contributed by atoms with E-state index in [1.54, 1.807) is 23.7 Å². The van der Waals surface area contributed by atoms with Gasteiger partial charge in [-0.1, -0.05) is 24.6 Å². The maximum atomic E-state index is 9.53. The molecule has 114 valence electrons. The summed E-state index contributed by atoms with van der Waals surface area (Å²) in [6, 6.07) is 5.30. The Labute approximate surface area is 137 Å². The highest BCUT2D eigenvalue weighted by molar-refractivity contribution is 9.10. The van der Waals surface area contributed by atoms with Gasteiger partial charge in [-0.15, -0.1) is 0 Å². The van der Waals surface area contributed by atoms with Crippen LogP contribution in [-0.2, 0) is 20.1 Å². The van der Waals surface area contributed by atoms with Crippen LogP contribution < -0.4 is 4.74 Å². The van der Waals surface area contributed by atoms with Gasteiger partial charge in [-0.25, -0.2) is 0 Å². The summed E-state index contributed by atoms with van der Waals surface area (Å²) < 4.78 is 8.56. The van der Waals surface area contributed by atoms with Crippen LogP contribution in [0.15, 0.2) is 22.7 Å². The highest BCUT2D eigenvalue weighted by Gasteiger charge is 2.14. The summed E-state index contributed by atoms with van der Waals surface area (Å²) in [6.45, 7) is 4.13. The highest BCUT2D eigenvalue weighted by atomic mass is 79.9. The molecule has 2 aromatic rings. The SMILES string of the molecule is CCc1nn(C)c(COc2ccc([C@@H](C)O)cc2Cl)c1Br. The molecule has 1 atom stereocenters. The maximum absolute atomic E-state index is 9.53. The Bertz CT molecular complexity index is 641. The van der Waals surface area contributed by atoms with Crippen molar-refractivity contribution in [3.63, 3.8) is 0 Å². The number of benzene rings is 1. The van der Waals surface area contributed by atoms with Gasteiger partial charge in [0, 0.05) is 7.05 Å². The highest BCUT2D eigenvalue weighted by Crippen LogP contribution is 2.29. The second-order valence-electron chi connectivity index (χ2n) is 4.84. The zero-order valence-corrected chi connectivity index (χ0v) is 14.6. The van der Waals surface area contributed by atoms with Crippen molar-refractivity contribution >= 4 is 27.5 Å². The molecule has 0 radical (unpaired) electrons. The molecule has 4 nitrogen and oxygen atoms in total. The number of aliphatic hydroxyl groups excluding tert-OH is 1. The molecule has 0 saturated heterocycles. The monoisotopic (exact) mass is 372 g/mol. The molecule has 1 aromatic heterocycles. The lowest BCUT2D eigenvalue weighted by Gasteiger charge is -2.11. The quantitative estimate of drug-likeness (QED) is 0.860. The molecule has 6 heteroatoms. The number of nitrogens with zero attached hydrogens (tertiary/aromatic N) is 2. The van der Waals surface area contributed by atoms with Crippen molar-refractivity contribution in [3.05, 3.63) is 44.6 Å². The third-order valence-corrected chi connectivity index (χ3v) is 4.52. The molecule has 1 aromatic carbocycles. The standard InChI is InChI=1S/C15H18BrClN2O2/c1-4-12-15(16)13(19(3)18-12)8-21-14-6-5-10(9(2)20)7-11(14)17/h5-7,9,20H,4,8H2,1-3H3/t9-/m1/s1. The predicted octanol–water partition coefficient (Wildman–Crippen LogP) is 4.03. The van der Waals surface area contributed by atoms with E-state index in [1.807, 2.05) is 13.1 Å². The molecular weight excluding hydrogens is 356 g/mol. The van der Waals surface area contributed by atoms with Crippen molar-refractivity contribution in [3.8, 4) is 5.75 Å². The van der Waals surface area contributed by atoms with Crippen LogP contribution >= 0.6 is 27.5 Å². The molecule has 1 N–H and O–H groups in total. The van der Waals surface area contributed by atoms with Gasteiger partial charge in [-0.3, -0.25) is 4.68 Å². The molecule has 0 fully saturated rings. The fourth-order valence-electron chi connectivity index (χ4n) is 2.02. The van der Waals surface area contributed by atoms with Crippen LogP contribution in [0.3, 0.4) is 0 Å². The molecule has 0 aliphatic carbocycles. The van der Waals surface area contributed by atoms with E-state index in [2.05, 4.69) is 28.0 Å². The van der Waals surface area contributed by atoms with Crippen LogP contribution in [0.1, 0.15) is 36.9 Å². The summed E-state index contributed by atoms with van der Waals surface area (Å²) in [5, 5.41) is 14.4. The second kappa shape index (κ2) is 6.81. The summed E-state index contributed by atoms with van der Waals surface area (Å²) in [5.41, 5.74) is 2.73. The number of rotatable bonds is 5. The Morgan fingerprint density at radius 2 is 2.19 bits per heavy atom. The first kappa shape index (κ1) is 16.3. The molecular formula is C15H18BrClN2O2. The van der Waals surface area contributed by atoms with Crippen molar-refractivity contribution in [2.24, 2.45) is 7.05 Å². The first-order chi connectivity index (χ1) is 9.93. The van der Waals surface area contributed by atoms with E-state index in [1.165, 1.54) is 0 Å². The van der Waals surface area contributed by atoms with Crippen molar-refractivity contribution in [1.29, 1.82) is 0 Å². The minimum atomic E-state index is -0.546. The van der Waals surface area contributed by atoms with Crippen LogP contribution in [0.2, 0.25) is 5.02 Å². The fourth-order valence-corrected chi connectivity index (χ4v) is 2.99. The zero-order valence-electron chi connectivity index (χ0n) is 12.2. The minimum absolute atomic E-state index is 0.373.